The zero-order valence-electron chi connectivity index (χ0n) is 17.9. The molecule has 0 aliphatic rings. The van der Waals surface area contributed by atoms with Crippen molar-refractivity contribution in [1.29, 1.82) is 0 Å². The van der Waals surface area contributed by atoms with Crippen LogP contribution in [0.15, 0.2) is 41.6 Å². The quantitative estimate of drug-likeness (QED) is 0.464. The fourth-order valence-corrected chi connectivity index (χ4v) is 3.95. The maximum atomic E-state index is 13.2. The number of aromatic nitrogens is 3. The monoisotopic (exact) mass is 475 g/mol. The van der Waals surface area contributed by atoms with Gasteiger partial charge < -0.3 is 15.2 Å². The highest BCUT2D eigenvalue weighted by molar-refractivity contribution is 7.99. The Labute approximate surface area is 194 Å². The lowest BCUT2D eigenvalue weighted by atomic mass is 10.1. The number of amides is 2. The largest absolute Gasteiger partial charge is 0.326 e. The van der Waals surface area contributed by atoms with E-state index in [0.717, 1.165) is 16.8 Å². The fourth-order valence-electron chi connectivity index (χ4n) is 2.94. The molecule has 7 nitrogen and oxygen atoms in total. The molecule has 0 aliphatic heterocycles. The van der Waals surface area contributed by atoms with Crippen LogP contribution in [0.4, 0.5) is 15.8 Å². The number of carbonyl (C=O) groups excluding carboxylic acids is 2. The predicted octanol–water partition coefficient (Wildman–Crippen LogP) is 4.62. The van der Waals surface area contributed by atoms with Crippen molar-refractivity contribution in [3.63, 3.8) is 0 Å². The van der Waals surface area contributed by atoms with Crippen molar-refractivity contribution >= 4 is 46.6 Å². The Bertz CT molecular complexity index is 1150. The molecule has 0 unspecified atom stereocenters. The van der Waals surface area contributed by atoms with Crippen molar-refractivity contribution in [3.05, 3.63) is 64.2 Å². The van der Waals surface area contributed by atoms with Gasteiger partial charge in [0.05, 0.1) is 17.2 Å². The summed E-state index contributed by atoms with van der Waals surface area (Å²) < 4.78 is 15.0. The number of rotatable bonds is 8. The minimum Gasteiger partial charge on any atom is -0.326 e. The van der Waals surface area contributed by atoms with Gasteiger partial charge in [-0.3, -0.25) is 9.59 Å². The third kappa shape index (κ3) is 6.08. The maximum absolute atomic E-state index is 13.2. The number of nitrogens with zero attached hydrogens (tertiary/aromatic N) is 3. The van der Waals surface area contributed by atoms with Crippen LogP contribution in [0.1, 0.15) is 23.9 Å². The Morgan fingerprint density at radius 2 is 1.72 bits per heavy atom. The molecule has 0 saturated heterocycles. The number of aryl methyl sites for hydroxylation is 2. The van der Waals surface area contributed by atoms with Gasteiger partial charge in [0.15, 0.2) is 5.16 Å². The van der Waals surface area contributed by atoms with Crippen LogP contribution < -0.4 is 10.6 Å². The van der Waals surface area contributed by atoms with Crippen molar-refractivity contribution in [1.82, 2.24) is 14.8 Å². The lowest BCUT2D eigenvalue weighted by molar-refractivity contribution is -0.116. The minimum atomic E-state index is -0.552. The van der Waals surface area contributed by atoms with Crippen LogP contribution in [0.3, 0.4) is 0 Å². The molecule has 0 fully saturated rings. The summed E-state index contributed by atoms with van der Waals surface area (Å²) in [6.45, 7) is 6.47. The van der Waals surface area contributed by atoms with E-state index in [4.69, 9.17) is 11.6 Å². The van der Waals surface area contributed by atoms with Gasteiger partial charge in [-0.1, -0.05) is 29.4 Å². The van der Waals surface area contributed by atoms with E-state index in [0.29, 0.717) is 23.2 Å². The Balaban J connectivity index is 1.58. The van der Waals surface area contributed by atoms with Gasteiger partial charge in [-0.2, -0.15) is 0 Å². The molecule has 2 N–H and O–H groups in total. The number of benzene rings is 2. The molecule has 10 heteroatoms. The second-order valence-corrected chi connectivity index (χ2v) is 8.48. The van der Waals surface area contributed by atoms with Gasteiger partial charge in [0, 0.05) is 17.9 Å². The van der Waals surface area contributed by atoms with Crippen molar-refractivity contribution < 1.29 is 14.0 Å². The summed E-state index contributed by atoms with van der Waals surface area (Å²) in [5.41, 5.74) is 3.39. The van der Waals surface area contributed by atoms with Crippen LogP contribution in [0.25, 0.3) is 0 Å². The van der Waals surface area contributed by atoms with E-state index < -0.39 is 5.82 Å². The first-order valence-corrected chi connectivity index (χ1v) is 11.3. The van der Waals surface area contributed by atoms with Gasteiger partial charge in [-0.05, 0) is 62.2 Å². The molecule has 0 radical (unpaired) electrons. The molecule has 0 saturated carbocycles. The summed E-state index contributed by atoms with van der Waals surface area (Å²) in [7, 11) is 0. The summed E-state index contributed by atoms with van der Waals surface area (Å²) in [6.07, 6.45) is 0.0641. The number of halogens is 2. The smallest absolute Gasteiger partial charge is 0.234 e. The fraction of sp³-hybridized carbons (Fsp3) is 0.273. The lowest BCUT2D eigenvalue weighted by Gasteiger charge is -2.09. The number of thioether (sulfide) groups is 1. The molecule has 1 heterocycles. The van der Waals surface area contributed by atoms with Crippen LogP contribution >= 0.6 is 23.4 Å². The average molecular weight is 476 g/mol. The van der Waals surface area contributed by atoms with E-state index in [1.807, 2.05) is 39.0 Å². The zero-order valence-corrected chi connectivity index (χ0v) is 19.5. The first kappa shape index (κ1) is 23.7. The van der Waals surface area contributed by atoms with Gasteiger partial charge in [0.2, 0.25) is 11.8 Å². The van der Waals surface area contributed by atoms with Crippen LogP contribution in [0, 0.1) is 19.7 Å². The molecule has 0 spiro atoms. The molecule has 2 amide bonds. The highest BCUT2D eigenvalue weighted by atomic mass is 35.5. The highest BCUT2D eigenvalue weighted by Crippen LogP contribution is 2.21. The molecule has 3 aromatic rings. The molecule has 168 valence electrons. The van der Waals surface area contributed by atoms with Gasteiger partial charge in [0.25, 0.3) is 0 Å². The standard InChI is InChI=1S/C22H23ClFN5O2S/c1-4-29-19(11-20(30)25-15-6-5-13(2)14(3)9-15)27-28-22(29)32-12-21(31)26-16-7-8-18(24)17(23)10-16/h5-10H,4,11-12H2,1-3H3,(H,25,30)(H,26,31). The van der Waals surface area contributed by atoms with E-state index in [2.05, 4.69) is 20.8 Å². The summed E-state index contributed by atoms with van der Waals surface area (Å²) >= 11 is 6.93. The summed E-state index contributed by atoms with van der Waals surface area (Å²) in [5, 5.41) is 14.3. The topological polar surface area (TPSA) is 88.9 Å². The molecule has 0 aliphatic carbocycles. The molecule has 0 bridgehead atoms. The summed E-state index contributed by atoms with van der Waals surface area (Å²) in [6, 6.07) is 9.71. The maximum Gasteiger partial charge on any atom is 0.234 e. The molecular weight excluding hydrogens is 453 g/mol. The molecule has 0 atom stereocenters. The summed E-state index contributed by atoms with van der Waals surface area (Å²) in [5.74, 6) is -0.455. The second-order valence-electron chi connectivity index (χ2n) is 7.13. The van der Waals surface area contributed by atoms with E-state index in [9.17, 15) is 14.0 Å². The van der Waals surface area contributed by atoms with Crippen LogP contribution in [-0.2, 0) is 22.6 Å². The van der Waals surface area contributed by atoms with E-state index in [-0.39, 0.29) is 29.0 Å². The number of hydrogen-bond acceptors (Lipinski definition) is 5. The number of hydrogen-bond donors (Lipinski definition) is 2. The molecular formula is C22H23ClFN5O2S. The lowest BCUT2D eigenvalue weighted by Crippen LogP contribution is -2.18. The van der Waals surface area contributed by atoms with E-state index in [1.165, 1.54) is 30.0 Å². The third-order valence-electron chi connectivity index (χ3n) is 4.75. The number of nitrogens with one attached hydrogen (secondary N) is 2. The first-order chi connectivity index (χ1) is 15.3. The number of anilines is 2. The Kier molecular flexibility index (Phi) is 7.87. The second kappa shape index (κ2) is 10.6. The third-order valence-corrected chi connectivity index (χ3v) is 6.01. The Morgan fingerprint density at radius 1 is 1.03 bits per heavy atom. The SMILES string of the molecule is CCn1c(CC(=O)Nc2ccc(C)c(C)c2)nnc1SCC(=O)Nc1ccc(F)c(Cl)c1. The average Bonchev–Trinajstić information content (AvgIpc) is 3.13. The molecule has 2 aromatic carbocycles. The van der Waals surface area contributed by atoms with Crippen molar-refractivity contribution in [2.24, 2.45) is 0 Å². The van der Waals surface area contributed by atoms with Crippen molar-refractivity contribution in [2.45, 2.75) is 38.9 Å². The number of carbonyl (C=O) groups is 2. The normalized spacial score (nSPS) is 10.8. The van der Waals surface area contributed by atoms with E-state index in [1.54, 1.807) is 4.57 Å². The van der Waals surface area contributed by atoms with Gasteiger partial charge in [-0.15, -0.1) is 10.2 Å². The van der Waals surface area contributed by atoms with Crippen LogP contribution in [0.2, 0.25) is 5.02 Å². The van der Waals surface area contributed by atoms with E-state index >= 15 is 0 Å². The Hall–Kier alpha value is -2.91. The highest BCUT2D eigenvalue weighted by Gasteiger charge is 2.16. The zero-order chi connectivity index (χ0) is 23.3. The van der Waals surface area contributed by atoms with Crippen molar-refractivity contribution in [3.8, 4) is 0 Å². The van der Waals surface area contributed by atoms with Gasteiger partial charge in [0.1, 0.15) is 11.6 Å². The minimum absolute atomic E-state index is 0.0641. The summed E-state index contributed by atoms with van der Waals surface area (Å²) in [4.78, 5) is 24.7. The van der Waals surface area contributed by atoms with Crippen LogP contribution in [-0.4, -0.2) is 32.3 Å². The van der Waals surface area contributed by atoms with Crippen LogP contribution in [0.5, 0.6) is 0 Å². The molecule has 3 rings (SSSR count). The van der Waals surface area contributed by atoms with Gasteiger partial charge in [-0.25, -0.2) is 4.39 Å². The Morgan fingerprint density at radius 3 is 2.41 bits per heavy atom. The first-order valence-electron chi connectivity index (χ1n) is 9.93. The van der Waals surface area contributed by atoms with Gasteiger partial charge >= 0.3 is 0 Å². The predicted molar refractivity (Wildman–Crippen MR) is 125 cm³/mol. The van der Waals surface area contributed by atoms with Crippen molar-refractivity contribution in [2.75, 3.05) is 16.4 Å². The molecule has 1 aromatic heterocycles. The molecule has 32 heavy (non-hydrogen) atoms.